The number of aliphatic imine (C=N–C) groups is 1. The number of nitrogens with zero attached hydrogens (tertiary/aromatic N) is 2. The van der Waals surface area contributed by atoms with Crippen LogP contribution in [-0.2, 0) is 9.84 Å². The summed E-state index contributed by atoms with van der Waals surface area (Å²) in [6.07, 6.45) is 4.63. The number of likely N-dealkylation sites (tertiary alicyclic amines) is 1. The first-order valence-corrected chi connectivity index (χ1v) is 11.7. The fourth-order valence-corrected chi connectivity index (χ4v) is 4.90. The van der Waals surface area contributed by atoms with Crippen LogP contribution < -0.4 is 10.6 Å². The summed E-state index contributed by atoms with van der Waals surface area (Å²) in [5.74, 6) is 1.71. The van der Waals surface area contributed by atoms with Crippen molar-refractivity contribution in [3.63, 3.8) is 0 Å². The van der Waals surface area contributed by atoms with E-state index in [2.05, 4.69) is 20.5 Å². The Hall–Kier alpha value is -2.32. The predicted octanol–water partition coefficient (Wildman–Crippen LogP) is 2.45. The molecule has 0 bridgehead atoms. The number of hydrogen-bond acceptors (Lipinski definition) is 5. The quantitative estimate of drug-likeness (QED) is 0.370. The van der Waals surface area contributed by atoms with Crippen molar-refractivity contribution in [2.75, 3.05) is 39.0 Å². The summed E-state index contributed by atoms with van der Waals surface area (Å²) in [6.45, 7) is 3.34. The van der Waals surface area contributed by atoms with Crippen molar-refractivity contribution < 1.29 is 12.8 Å². The van der Waals surface area contributed by atoms with E-state index in [1.165, 1.54) is 12.8 Å². The third-order valence-corrected chi connectivity index (χ3v) is 6.94. The lowest BCUT2D eigenvalue weighted by molar-refractivity contribution is 0.215. The van der Waals surface area contributed by atoms with Crippen molar-refractivity contribution in [2.45, 2.75) is 30.2 Å². The van der Waals surface area contributed by atoms with E-state index in [9.17, 15) is 8.42 Å². The maximum Gasteiger partial charge on any atom is 0.191 e. The van der Waals surface area contributed by atoms with Crippen LogP contribution in [0.4, 0.5) is 0 Å². The molecule has 1 aliphatic rings. The van der Waals surface area contributed by atoms with E-state index in [1.807, 2.05) is 18.2 Å². The molecule has 0 aliphatic carbocycles. The first-order valence-electron chi connectivity index (χ1n) is 10.1. The second kappa shape index (κ2) is 10.5. The van der Waals surface area contributed by atoms with Crippen LogP contribution in [0.5, 0.6) is 0 Å². The molecule has 29 heavy (non-hydrogen) atoms. The first kappa shape index (κ1) is 21.4. The second-order valence-electron chi connectivity index (χ2n) is 7.14. The van der Waals surface area contributed by atoms with Gasteiger partial charge in [0, 0.05) is 20.1 Å². The van der Waals surface area contributed by atoms with Gasteiger partial charge in [-0.2, -0.15) is 0 Å². The number of hydrogen-bond donors (Lipinski definition) is 2. The molecule has 2 heterocycles. The average Bonchev–Trinajstić information content (AvgIpc) is 3.45. The molecular weight excluding hydrogens is 388 g/mol. The summed E-state index contributed by atoms with van der Waals surface area (Å²) in [5, 5.41) is 6.56. The summed E-state index contributed by atoms with van der Waals surface area (Å²) in [6, 6.07) is 12.7. The van der Waals surface area contributed by atoms with E-state index in [0.29, 0.717) is 30.4 Å². The summed E-state index contributed by atoms with van der Waals surface area (Å²) < 4.78 is 30.3. The number of nitrogens with one attached hydrogen (secondary N) is 2. The number of guanidine groups is 1. The van der Waals surface area contributed by atoms with E-state index in [4.69, 9.17) is 4.42 Å². The van der Waals surface area contributed by atoms with E-state index in [0.717, 1.165) is 18.8 Å². The monoisotopic (exact) mass is 418 g/mol. The molecule has 1 aliphatic heterocycles. The number of sulfone groups is 1. The molecule has 0 saturated carbocycles. The Kier molecular flexibility index (Phi) is 7.71. The molecule has 0 amide bonds. The Balaban J connectivity index is 1.46. The van der Waals surface area contributed by atoms with Crippen LogP contribution in [0.25, 0.3) is 0 Å². The van der Waals surface area contributed by atoms with Gasteiger partial charge in [0.15, 0.2) is 15.8 Å². The van der Waals surface area contributed by atoms with E-state index >= 15 is 0 Å². The minimum atomic E-state index is -3.25. The third-order valence-electron chi connectivity index (χ3n) is 5.12. The maximum atomic E-state index is 12.4. The molecule has 1 unspecified atom stereocenters. The Morgan fingerprint density at radius 3 is 2.55 bits per heavy atom. The Labute approximate surface area is 173 Å². The van der Waals surface area contributed by atoms with Gasteiger partial charge in [-0.25, -0.2) is 8.42 Å². The van der Waals surface area contributed by atoms with E-state index in [-0.39, 0.29) is 11.8 Å². The first-order chi connectivity index (χ1) is 14.1. The molecular formula is C21H30N4O3S. The van der Waals surface area contributed by atoms with Crippen LogP contribution in [0.15, 0.2) is 63.0 Å². The fraction of sp³-hybridized carbons (Fsp3) is 0.476. The Morgan fingerprint density at radius 2 is 1.90 bits per heavy atom. The zero-order valence-corrected chi connectivity index (χ0v) is 17.7. The van der Waals surface area contributed by atoms with Gasteiger partial charge in [0.25, 0.3) is 0 Å². The minimum Gasteiger partial charge on any atom is -0.468 e. The molecule has 1 aromatic carbocycles. The van der Waals surface area contributed by atoms with Gasteiger partial charge in [-0.3, -0.25) is 9.89 Å². The zero-order chi connectivity index (χ0) is 20.5. The zero-order valence-electron chi connectivity index (χ0n) is 16.9. The van der Waals surface area contributed by atoms with Gasteiger partial charge < -0.3 is 15.1 Å². The van der Waals surface area contributed by atoms with Crippen molar-refractivity contribution in [3.8, 4) is 0 Å². The molecule has 1 aromatic heterocycles. The van der Waals surface area contributed by atoms with Gasteiger partial charge in [-0.1, -0.05) is 18.2 Å². The molecule has 0 spiro atoms. The van der Waals surface area contributed by atoms with Crippen molar-refractivity contribution in [2.24, 2.45) is 4.99 Å². The van der Waals surface area contributed by atoms with Gasteiger partial charge in [-0.05, 0) is 56.6 Å². The highest BCUT2D eigenvalue weighted by atomic mass is 32.2. The van der Waals surface area contributed by atoms with E-state index < -0.39 is 9.84 Å². The highest BCUT2D eigenvalue weighted by Gasteiger charge is 2.25. The normalized spacial score (nSPS) is 16.7. The van der Waals surface area contributed by atoms with Gasteiger partial charge >= 0.3 is 0 Å². The van der Waals surface area contributed by atoms with Crippen LogP contribution in [0.3, 0.4) is 0 Å². The lowest BCUT2D eigenvalue weighted by atomic mass is 10.2. The van der Waals surface area contributed by atoms with Crippen LogP contribution >= 0.6 is 0 Å². The maximum absolute atomic E-state index is 12.4. The second-order valence-corrected chi connectivity index (χ2v) is 9.25. The SMILES string of the molecule is CN=C(NCCCS(=O)(=O)c1ccccc1)NCC(c1ccco1)N1CCCC1. The standard InChI is InChI=1S/C21H30N4O3S/c1-22-21(23-12-8-16-29(26,27)18-9-3-2-4-10-18)24-17-19(20-11-7-15-28-20)25-13-5-6-14-25/h2-4,7,9-11,15,19H,5-6,8,12-14,16-17H2,1H3,(H2,22,23,24). The van der Waals surface area contributed by atoms with Gasteiger partial charge in [0.2, 0.25) is 0 Å². The minimum absolute atomic E-state index is 0.101. The molecule has 1 atom stereocenters. The van der Waals surface area contributed by atoms with E-state index in [1.54, 1.807) is 37.6 Å². The van der Waals surface area contributed by atoms with Gasteiger partial charge in [0.05, 0.1) is 23.0 Å². The average molecular weight is 419 g/mol. The molecule has 8 heteroatoms. The van der Waals surface area contributed by atoms with Crippen LogP contribution in [-0.4, -0.2) is 58.3 Å². The Morgan fingerprint density at radius 1 is 1.14 bits per heavy atom. The largest absolute Gasteiger partial charge is 0.468 e. The van der Waals surface area contributed by atoms with Crippen LogP contribution in [0.1, 0.15) is 31.1 Å². The summed E-state index contributed by atoms with van der Waals surface area (Å²) in [7, 11) is -1.53. The fourth-order valence-electron chi connectivity index (χ4n) is 3.57. The lowest BCUT2D eigenvalue weighted by Gasteiger charge is -2.26. The lowest BCUT2D eigenvalue weighted by Crippen LogP contribution is -2.43. The smallest absolute Gasteiger partial charge is 0.191 e. The van der Waals surface area contributed by atoms with Gasteiger partial charge in [0.1, 0.15) is 5.76 Å². The molecule has 7 nitrogen and oxygen atoms in total. The molecule has 2 N–H and O–H groups in total. The number of rotatable bonds is 9. The van der Waals surface area contributed by atoms with Crippen molar-refractivity contribution in [1.29, 1.82) is 0 Å². The van der Waals surface area contributed by atoms with Gasteiger partial charge in [-0.15, -0.1) is 0 Å². The highest BCUT2D eigenvalue weighted by Crippen LogP contribution is 2.24. The number of furan rings is 1. The topological polar surface area (TPSA) is 86.9 Å². The van der Waals surface area contributed by atoms with Crippen molar-refractivity contribution >= 4 is 15.8 Å². The molecule has 2 aromatic rings. The highest BCUT2D eigenvalue weighted by molar-refractivity contribution is 7.91. The molecule has 1 saturated heterocycles. The Bertz CT molecular complexity index is 861. The summed E-state index contributed by atoms with van der Waals surface area (Å²) >= 11 is 0. The summed E-state index contributed by atoms with van der Waals surface area (Å²) in [5.41, 5.74) is 0. The molecule has 0 radical (unpaired) electrons. The van der Waals surface area contributed by atoms with Crippen LogP contribution in [0, 0.1) is 0 Å². The third kappa shape index (κ3) is 6.08. The molecule has 3 rings (SSSR count). The summed E-state index contributed by atoms with van der Waals surface area (Å²) in [4.78, 5) is 7.05. The van der Waals surface area contributed by atoms with Crippen molar-refractivity contribution in [3.05, 3.63) is 54.5 Å². The molecule has 158 valence electrons. The predicted molar refractivity (Wildman–Crippen MR) is 115 cm³/mol. The number of benzene rings is 1. The van der Waals surface area contributed by atoms with Crippen LogP contribution in [0.2, 0.25) is 0 Å². The van der Waals surface area contributed by atoms with Crippen molar-refractivity contribution in [1.82, 2.24) is 15.5 Å². The molecule has 1 fully saturated rings.